The van der Waals surface area contributed by atoms with Crippen molar-refractivity contribution >= 4 is 10.9 Å². The van der Waals surface area contributed by atoms with Gasteiger partial charge in [0, 0.05) is 11.5 Å². The average Bonchev–Trinajstić information content (AvgIpc) is 2.62. The van der Waals surface area contributed by atoms with Gasteiger partial charge in [0.25, 0.3) is 5.56 Å². The van der Waals surface area contributed by atoms with Crippen LogP contribution in [0.1, 0.15) is 25.3 Å². The van der Waals surface area contributed by atoms with Crippen LogP contribution in [0.2, 0.25) is 0 Å². The van der Waals surface area contributed by atoms with Crippen LogP contribution in [0.4, 0.5) is 0 Å². The van der Waals surface area contributed by atoms with Gasteiger partial charge in [0.15, 0.2) is 5.75 Å². The molecule has 1 aromatic heterocycles. The molecule has 130 valence electrons. The minimum Gasteiger partial charge on any atom is -0.504 e. The molecule has 0 aliphatic rings. The molecule has 0 atom stereocenters. The Morgan fingerprint density at radius 2 is 1.88 bits per heavy atom. The summed E-state index contributed by atoms with van der Waals surface area (Å²) in [6.45, 7) is 2.92. The number of hydrogen-bond donors (Lipinski definition) is 2. The summed E-state index contributed by atoms with van der Waals surface area (Å²) in [7, 11) is 0. The van der Waals surface area contributed by atoms with E-state index in [1.165, 1.54) is 0 Å². The van der Waals surface area contributed by atoms with Crippen molar-refractivity contribution in [1.29, 1.82) is 0 Å². The lowest BCUT2D eigenvalue weighted by atomic mass is 10.2. The lowest BCUT2D eigenvalue weighted by Gasteiger charge is -2.11. The molecule has 0 radical (unpaired) electrons. The summed E-state index contributed by atoms with van der Waals surface area (Å²) in [5.74, 6) is 0.430. The van der Waals surface area contributed by atoms with Gasteiger partial charge in [-0.15, -0.1) is 0 Å². The molecular formula is C20H21NO4. The second-order valence-electron chi connectivity index (χ2n) is 5.82. The first kappa shape index (κ1) is 16.9. The first-order valence-electron chi connectivity index (χ1n) is 8.37. The van der Waals surface area contributed by atoms with Crippen LogP contribution in [0.25, 0.3) is 10.9 Å². The summed E-state index contributed by atoms with van der Waals surface area (Å²) >= 11 is 0. The number of unbranched alkanes of at least 4 members (excludes halogenated alkanes) is 1. The summed E-state index contributed by atoms with van der Waals surface area (Å²) in [6, 6.07) is 14.7. The Hall–Kier alpha value is -2.95. The van der Waals surface area contributed by atoms with Crippen LogP contribution >= 0.6 is 0 Å². The van der Waals surface area contributed by atoms with E-state index in [-0.39, 0.29) is 18.1 Å². The number of benzene rings is 2. The first-order valence-corrected chi connectivity index (χ1v) is 8.37. The molecule has 2 N–H and O–H groups in total. The third kappa shape index (κ3) is 3.94. The highest BCUT2D eigenvalue weighted by Crippen LogP contribution is 2.32. The van der Waals surface area contributed by atoms with E-state index in [1.807, 2.05) is 30.3 Å². The van der Waals surface area contributed by atoms with Crippen molar-refractivity contribution in [3.63, 3.8) is 0 Å². The van der Waals surface area contributed by atoms with Gasteiger partial charge < -0.3 is 19.6 Å². The van der Waals surface area contributed by atoms with Gasteiger partial charge >= 0.3 is 0 Å². The van der Waals surface area contributed by atoms with Gasteiger partial charge in [-0.1, -0.05) is 43.7 Å². The van der Waals surface area contributed by atoms with Gasteiger partial charge in [-0.2, -0.15) is 0 Å². The second-order valence-corrected chi connectivity index (χ2v) is 5.82. The molecule has 0 fully saturated rings. The molecule has 0 aliphatic carbocycles. The highest BCUT2D eigenvalue weighted by atomic mass is 16.5. The Morgan fingerprint density at radius 3 is 2.64 bits per heavy atom. The molecule has 0 saturated heterocycles. The lowest BCUT2D eigenvalue weighted by molar-refractivity contribution is 0.286. The third-order valence-electron chi connectivity index (χ3n) is 3.91. The first-order chi connectivity index (χ1) is 12.2. The molecule has 1 heterocycles. The van der Waals surface area contributed by atoms with Crippen LogP contribution in [0.15, 0.2) is 53.3 Å². The van der Waals surface area contributed by atoms with Crippen LogP contribution in [-0.4, -0.2) is 16.7 Å². The van der Waals surface area contributed by atoms with Gasteiger partial charge in [0.2, 0.25) is 5.75 Å². The van der Waals surface area contributed by atoms with Crippen LogP contribution in [0.5, 0.6) is 17.2 Å². The third-order valence-corrected chi connectivity index (χ3v) is 3.91. The maximum absolute atomic E-state index is 12.3. The lowest BCUT2D eigenvalue weighted by Crippen LogP contribution is -2.11. The van der Waals surface area contributed by atoms with Gasteiger partial charge in [0.05, 0.1) is 12.1 Å². The minimum atomic E-state index is -0.466. The monoisotopic (exact) mass is 339 g/mol. The van der Waals surface area contributed by atoms with Crippen molar-refractivity contribution in [1.82, 2.24) is 4.98 Å². The Balaban J connectivity index is 1.85. The van der Waals surface area contributed by atoms with Crippen LogP contribution in [0.3, 0.4) is 0 Å². The molecule has 25 heavy (non-hydrogen) atoms. The van der Waals surface area contributed by atoms with Crippen molar-refractivity contribution in [2.24, 2.45) is 0 Å². The number of nitrogens with one attached hydrogen (secondary N) is 1. The smallest absolute Gasteiger partial charge is 0.294 e. The fraction of sp³-hybridized carbons (Fsp3) is 0.250. The number of fused-ring (bicyclic) bond motifs is 1. The van der Waals surface area contributed by atoms with Crippen LogP contribution in [-0.2, 0) is 6.61 Å². The maximum atomic E-state index is 12.3. The maximum Gasteiger partial charge on any atom is 0.294 e. The largest absolute Gasteiger partial charge is 0.504 e. The zero-order chi connectivity index (χ0) is 17.6. The SMILES string of the molecule is CCCCOc1ccc2c(O)c(OCc3ccccc3)c(=O)[nH]c2c1. The predicted octanol–water partition coefficient (Wildman–Crippen LogP) is 3.99. The van der Waals surface area contributed by atoms with Crippen molar-refractivity contribution in [3.05, 3.63) is 64.4 Å². The molecule has 0 amide bonds. The van der Waals surface area contributed by atoms with Gasteiger partial charge in [-0.05, 0) is 24.1 Å². The van der Waals surface area contributed by atoms with Crippen molar-refractivity contribution in [3.8, 4) is 17.2 Å². The van der Waals surface area contributed by atoms with E-state index in [0.29, 0.717) is 23.3 Å². The zero-order valence-electron chi connectivity index (χ0n) is 14.1. The number of aromatic hydroxyl groups is 1. The van der Waals surface area contributed by atoms with E-state index in [1.54, 1.807) is 18.2 Å². The number of aromatic nitrogens is 1. The van der Waals surface area contributed by atoms with Crippen molar-refractivity contribution in [2.45, 2.75) is 26.4 Å². The molecule has 3 rings (SSSR count). The number of aromatic amines is 1. The Morgan fingerprint density at radius 1 is 1.08 bits per heavy atom. The molecule has 0 saturated carbocycles. The standard InChI is InChI=1S/C20H21NO4/c1-2-3-11-24-15-9-10-16-17(12-15)21-20(23)19(18(16)22)25-13-14-7-5-4-6-8-14/h4-10,12H,2-3,11,13H2,1H3,(H2,21,22,23). The molecule has 5 nitrogen and oxygen atoms in total. The van der Waals surface area contributed by atoms with E-state index >= 15 is 0 Å². The van der Waals surface area contributed by atoms with Gasteiger partial charge in [0.1, 0.15) is 12.4 Å². The fourth-order valence-corrected chi connectivity index (χ4v) is 2.53. The van der Waals surface area contributed by atoms with Crippen LogP contribution in [0, 0.1) is 0 Å². The van der Waals surface area contributed by atoms with E-state index in [0.717, 1.165) is 18.4 Å². The molecule has 2 aromatic carbocycles. The van der Waals surface area contributed by atoms with E-state index < -0.39 is 5.56 Å². The fourth-order valence-electron chi connectivity index (χ4n) is 2.53. The zero-order valence-corrected chi connectivity index (χ0v) is 14.1. The number of H-pyrrole nitrogens is 1. The second kappa shape index (κ2) is 7.75. The Kier molecular flexibility index (Phi) is 5.23. The quantitative estimate of drug-likeness (QED) is 0.639. The Labute approximate surface area is 145 Å². The summed E-state index contributed by atoms with van der Waals surface area (Å²) < 4.78 is 11.2. The number of rotatable bonds is 7. The van der Waals surface area contributed by atoms with Gasteiger partial charge in [-0.25, -0.2) is 0 Å². The molecular weight excluding hydrogens is 318 g/mol. The van der Waals surface area contributed by atoms with E-state index in [9.17, 15) is 9.90 Å². The molecule has 3 aromatic rings. The number of ether oxygens (including phenoxy) is 2. The molecule has 0 spiro atoms. The summed E-state index contributed by atoms with van der Waals surface area (Å²) in [6.07, 6.45) is 2.01. The van der Waals surface area contributed by atoms with Gasteiger partial charge in [-0.3, -0.25) is 4.79 Å². The van der Waals surface area contributed by atoms with Crippen molar-refractivity contribution < 1.29 is 14.6 Å². The van der Waals surface area contributed by atoms with E-state index in [2.05, 4.69) is 11.9 Å². The summed E-state index contributed by atoms with van der Waals surface area (Å²) in [5.41, 5.74) is 0.969. The number of pyridine rings is 1. The summed E-state index contributed by atoms with van der Waals surface area (Å²) in [4.78, 5) is 15.0. The van der Waals surface area contributed by atoms with E-state index in [4.69, 9.17) is 9.47 Å². The molecule has 5 heteroatoms. The minimum absolute atomic E-state index is 0.0731. The molecule has 0 aliphatic heterocycles. The van der Waals surface area contributed by atoms with Crippen LogP contribution < -0.4 is 15.0 Å². The molecule has 0 unspecified atom stereocenters. The normalized spacial score (nSPS) is 10.8. The highest BCUT2D eigenvalue weighted by Gasteiger charge is 2.14. The predicted molar refractivity (Wildman–Crippen MR) is 97.4 cm³/mol. The molecule has 0 bridgehead atoms. The number of hydrogen-bond acceptors (Lipinski definition) is 4. The highest BCUT2D eigenvalue weighted by molar-refractivity contribution is 5.87. The Bertz CT molecular complexity index is 903. The summed E-state index contributed by atoms with van der Waals surface area (Å²) in [5, 5.41) is 10.9. The van der Waals surface area contributed by atoms with Crippen molar-refractivity contribution in [2.75, 3.05) is 6.61 Å². The topological polar surface area (TPSA) is 71.5 Å². The average molecular weight is 339 g/mol.